The third kappa shape index (κ3) is 4.34. The first-order valence-electron chi connectivity index (χ1n) is 7.12. The van der Waals surface area contributed by atoms with Gasteiger partial charge in [-0.2, -0.15) is 0 Å². The van der Waals surface area contributed by atoms with Crippen molar-refractivity contribution < 1.29 is 0 Å². The van der Waals surface area contributed by atoms with E-state index in [0.717, 1.165) is 6.54 Å². The quantitative estimate of drug-likeness (QED) is 0.870. The molecule has 0 spiro atoms. The fourth-order valence-corrected chi connectivity index (χ4v) is 2.50. The molecule has 18 heavy (non-hydrogen) atoms. The van der Waals surface area contributed by atoms with E-state index in [1.54, 1.807) is 0 Å². The van der Waals surface area contributed by atoms with Crippen molar-refractivity contribution in [3.05, 3.63) is 29.8 Å². The second kappa shape index (κ2) is 5.75. The number of nitrogens with zero attached hydrogens (tertiary/aromatic N) is 1. The normalized spacial score (nSPS) is 17.7. The van der Waals surface area contributed by atoms with Gasteiger partial charge in [0.05, 0.1) is 0 Å². The standard InChI is InChI=1S/C16H26N2/c1-16(2,3)17-15-9-7-14(8-10-15)13-18-11-5-4-6-12-18/h7-10,17H,4-6,11-13H2,1-3H3. The maximum Gasteiger partial charge on any atom is 0.0344 e. The van der Waals surface area contributed by atoms with Crippen molar-refractivity contribution in [1.29, 1.82) is 0 Å². The lowest BCUT2D eigenvalue weighted by atomic mass is 10.1. The Hall–Kier alpha value is -1.02. The van der Waals surface area contributed by atoms with E-state index < -0.39 is 0 Å². The maximum atomic E-state index is 3.50. The molecule has 0 saturated carbocycles. The summed E-state index contributed by atoms with van der Waals surface area (Å²) in [6.07, 6.45) is 4.14. The van der Waals surface area contributed by atoms with E-state index in [1.807, 2.05) is 0 Å². The highest BCUT2D eigenvalue weighted by molar-refractivity contribution is 5.46. The van der Waals surface area contributed by atoms with Gasteiger partial charge in [0.1, 0.15) is 0 Å². The van der Waals surface area contributed by atoms with Gasteiger partial charge < -0.3 is 5.32 Å². The summed E-state index contributed by atoms with van der Waals surface area (Å²) in [5.41, 5.74) is 2.77. The second-order valence-electron chi connectivity index (χ2n) is 6.41. The number of piperidine rings is 1. The van der Waals surface area contributed by atoms with Gasteiger partial charge in [0.25, 0.3) is 0 Å². The Kier molecular flexibility index (Phi) is 4.28. The highest BCUT2D eigenvalue weighted by atomic mass is 15.1. The molecule has 2 nitrogen and oxygen atoms in total. The van der Waals surface area contributed by atoms with Crippen molar-refractivity contribution in [1.82, 2.24) is 4.90 Å². The molecule has 1 fully saturated rings. The van der Waals surface area contributed by atoms with Crippen LogP contribution in [0, 0.1) is 0 Å². The molecule has 2 rings (SSSR count). The second-order valence-corrected chi connectivity index (χ2v) is 6.41. The predicted molar refractivity (Wildman–Crippen MR) is 78.9 cm³/mol. The highest BCUT2D eigenvalue weighted by Crippen LogP contribution is 2.17. The van der Waals surface area contributed by atoms with Gasteiger partial charge in [-0.1, -0.05) is 18.6 Å². The van der Waals surface area contributed by atoms with Crippen LogP contribution in [-0.2, 0) is 6.54 Å². The van der Waals surface area contributed by atoms with Crippen molar-refractivity contribution in [2.45, 2.75) is 52.1 Å². The molecule has 0 amide bonds. The van der Waals surface area contributed by atoms with Gasteiger partial charge in [0.2, 0.25) is 0 Å². The van der Waals surface area contributed by atoms with E-state index >= 15 is 0 Å². The van der Waals surface area contributed by atoms with E-state index in [0.29, 0.717) is 0 Å². The molecule has 0 aliphatic carbocycles. The van der Waals surface area contributed by atoms with Gasteiger partial charge in [0.15, 0.2) is 0 Å². The van der Waals surface area contributed by atoms with Crippen LogP contribution in [0.3, 0.4) is 0 Å². The third-order valence-corrected chi connectivity index (χ3v) is 3.33. The largest absolute Gasteiger partial charge is 0.380 e. The topological polar surface area (TPSA) is 15.3 Å². The molecule has 1 aliphatic rings. The zero-order valence-electron chi connectivity index (χ0n) is 12.0. The molecular formula is C16H26N2. The van der Waals surface area contributed by atoms with E-state index in [1.165, 1.54) is 43.6 Å². The molecule has 1 heterocycles. The van der Waals surface area contributed by atoms with Crippen LogP contribution in [0.25, 0.3) is 0 Å². The summed E-state index contributed by atoms with van der Waals surface area (Å²) in [6.45, 7) is 10.2. The molecule has 0 bridgehead atoms. The molecule has 0 radical (unpaired) electrons. The summed E-state index contributed by atoms with van der Waals surface area (Å²) in [6, 6.07) is 8.90. The van der Waals surface area contributed by atoms with Crippen LogP contribution in [0.5, 0.6) is 0 Å². The average molecular weight is 246 g/mol. The molecule has 1 aromatic carbocycles. The van der Waals surface area contributed by atoms with Gasteiger partial charge in [0, 0.05) is 17.8 Å². The lowest BCUT2D eigenvalue weighted by molar-refractivity contribution is 0.221. The van der Waals surface area contributed by atoms with Crippen LogP contribution in [-0.4, -0.2) is 23.5 Å². The van der Waals surface area contributed by atoms with E-state index in [2.05, 4.69) is 55.3 Å². The molecule has 1 N–H and O–H groups in total. The lowest BCUT2D eigenvalue weighted by Gasteiger charge is -2.26. The zero-order chi connectivity index (χ0) is 13.0. The lowest BCUT2D eigenvalue weighted by Crippen LogP contribution is -2.29. The Morgan fingerprint density at radius 1 is 1.00 bits per heavy atom. The minimum Gasteiger partial charge on any atom is -0.380 e. The minimum atomic E-state index is 0.133. The van der Waals surface area contributed by atoms with Crippen LogP contribution in [0.2, 0.25) is 0 Å². The van der Waals surface area contributed by atoms with E-state index in [4.69, 9.17) is 0 Å². The number of likely N-dealkylation sites (tertiary alicyclic amines) is 1. The fraction of sp³-hybridized carbons (Fsp3) is 0.625. The Bertz CT molecular complexity index is 356. The molecular weight excluding hydrogens is 220 g/mol. The predicted octanol–water partition coefficient (Wildman–Crippen LogP) is 3.88. The smallest absolute Gasteiger partial charge is 0.0344 e. The third-order valence-electron chi connectivity index (χ3n) is 3.33. The number of nitrogens with one attached hydrogen (secondary N) is 1. The number of hydrogen-bond donors (Lipinski definition) is 1. The SMILES string of the molecule is CC(C)(C)Nc1ccc(CN2CCCCC2)cc1. The number of rotatable bonds is 3. The maximum absolute atomic E-state index is 3.50. The Morgan fingerprint density at radius 3 is 2.17 bits per heavy atom. The first-order chi connectivity index (χ1) is 8.53. The molecule has 1 aliphatic heterocycles. The van der Waals surface area contributed by atoms with Gasteiger partial charge >= 0.3 is 0 Å². The van der Waals surface area contributed by atoms with Gasteiger partial charge in [-0.15, -0.1) is 0 Å². The molecule has 0 unspecified atom stereocenters. The van der Waals surface area contributed by atoms with Crippen molar-refractivity contribution in [3.63, 3.8) is 0 Å². The molecule has 2 heteroatoms. The number of anilines is 1. The monoisotopic (exact) mass is 246 g/mol. The Labute approximate surface area is 111 Å². The summed E-state index contributed by atoms with van der Waals surface area (Å²) < 4.78 is 0. The van der Waals surface area contributed by atoms with Crippen LogP contribution in [0.4, 0.5) is 5.69 Å². The van der Waals surface area contributed by atoms with Gasteiger partial charge in [-0.3, -0.25) is 4.90 Å². The van der Waals surface area contributed by atoms with Gasteiger partial charge in [-0.25, -0.2) is 0 Å². The summed E-state index contributed by atoms with van der Waals surface area (Å²) in [7, 11) is 0. The first kappa shape index (κ1) is 13.4. The Morgan fingerprint density at radius 2 is 1.61 bits per heavy atom. The van der Waals surface area contributed by atoms with Crippen molar-refractivity contribution in [2.24, 2.45) is 0 Å². The molecule has 0 aromatic heterocycles. The van der Waals surface area contributed by atoms with Crippen LogP contribution >= 0.6 is 0 Å². The molecule has 100 valence electrons. The highest BCUT2D eigenvalue weighted by Gasteiger charge is 2.11. The molecule has 0 atom stereocenters. The van der Waals surface area contributed by atoms with E-state index in [-0.39, 0.29) is 5.54 Å². The molecule has 1 aromatic rings. The van der Waals surface area contributed by atoms with E-state index in [9.17, 15) is 0 Å². The minimum absolute atomic E-state index is 0.133. The van der Waals surface area contributed by atoms with Crippen molar-refractivity contribution in [2.75, 3.05) is 18.4 Å². The summed E-state index contributed by atoms with van der Waals surface area (Å²) in [5.74, 6) is 0. The van der Waals surface area contributed by atoms with Crippen molar-refractivity contribution in [3.8, 4) is 0 Å². The van der Waals surface area contributed by atoms with Crippen molar-refractivity contribution >= 4 is 5.69 Å². The van der Waals surface area contributed by atoms with Gasteiger partial charge in [-0.05, 0) is 64.4 Å². The zero-order valence-corrected chi connectivity index (χ0v) is 12.0. The number of hydrogen-bond acceptors (Lipinski definition) is 2. The summed E-state index contributed by atoms with van der Waals surface area (Å²) in [4.78, 5) is 2.57. The summed E-state index contributed by atoms with van der Waals surface area (Å²) >= 11 is 0. The van der Waals surface area contributed by atoms with Crippen LogP contribution in [0.15, 0.2) is 24.3 Å². The van der Waals surface area contributed by atoms with Crippen LogP contribution in [0.1, 0.15) is 45.6 Å². The Balaban J connectivity index is 1.90. The first-order valence-corrected chi connectivity index (χ1v) is 7.12. The number of benzene rings is 1. The fourth-order valence-electron chi connectivity index (χ4n) is 2.50. The molecule has 1 saturated heterocycles. The summed E-state index contributed by atoms with van der Waals surface area (Å²) in [5, 5.41) is 3.50. The van der Waals surface area contributed by atoms with Crippen LogP contribution < -0.4 is 5.32 Å². The average Bonchev–Trinajstić information content (AvgIpc) is 2.31.